The Morgan fingerprint density at radius 1 is 1.18 bits per heavy atom. The van der Waals surface area contributed by atoms with Crippen LogP contribution >= 0.6 is 11.3 Å². The summed E-state index contributed by atoms with van der Waals surface area (Å²) in [5, 5.41) is 11.7. The molecule has 0 aliphatic carbocycles. The number of thiophene rings is 1. The van der Waals surface area contributed by atoms with Crippen molar-refractivity contribution >= 4 is 21.6 Å². The molecule has 0 unspecified atom stereocenters. The molecular weight excluding hydrogens is 239 g/mol. The van der Waals surface area contributed by atoms with Gasteiger partial charge < -0.3 is 5.11 Å². The molecule has 0 radical (unpaired) electrons. The standard InChI is InChI=1S/C12H7FN2OS/c13-7-1-2-8(14-6-7)10-5-11(16)12-9(15-10)3-4-17-12/h1-6H,(H,15,16). The van der Waals surface area contributed by atoms with Gasteiger partial charge in [-0.25, -0.2) is 9.37 Å². The first kappa shape index (κ1) is 10.2. The summed E-state index contributed by atoms with van der Waals surface area (Å²) in [6, 6.07) is 6.22. The molecule has 0 fully saturated rings. The molecule has 0 amide bonds. The van der Waals surface area contributed by atoms with Gasteiger partial charge in [-0.05, 0) is 23.6 Å². The summed E-state index contributed by atoms with van der Waals surface area (Å²) in [4.78, 5) is 8.30. The molecule has 3 rings (SSSR count). The van der Waals surface area contributed by atoms with E-state index in [0.717, 1.165) is 16.4 Å². The summed E-state index contributed by atoms with van der Waals surface area (Å²) in [5.41, 5.74) is 1.79. The van der Waals surface area contributed by atoms with Crippen molar-refractivity contribution in [3.63, 3.8) is 0 Å². The SMILES string of the molecule is Oc1cc(-c2ccc(F)cn2)nc2ccsc12. The number of pyridine rings is 2. The molecule has 3 aromatic heterocycles. The van der Waals surface area contributed by atoms with Crippen molar-refractivity contribution in [2.75, 3.05) is 0 Å². The first-order valence-electron chi connectivity index (χ1n) is 4.93. The van der Waals surface area contributed by atoms with Gasteiger partial charge in [0.1, 0.15) is 11.6 Å². The van der Waals surface area contributed by atoms with E-state index in [1.54, 1.807) is 6.07 Å². The Balaban J connectivity index is 2.20. The summed E-state index contributed by atoms with van der Waals surface area (Å²) >= 11 is 1.43. The van der Waals surface area contributed by atoms with Crippen molar-refractivity contribution in [3.05, 3.63) is 41.7 Å². The number of aromatic hydroxyl groups is 1. The van der Waals surface area contributed by atoms with Gasteiger partial charge in [0.15, 0.2) is 0 Å². The van der Waals surface area contributed by atoms with Gasteiger partial charge in [0.25, 0.3) is 0 Å². The molecule has 0 aliphatic heterocycles. The predicted octanol–water partition coefficient (Wildman–Crippen LogP) is 3.20. The lowest BCUT2D eigenvalue weighted by Gasteiger charge is -2.01. The molecule has 0 bridgehead atoms. The van der Waals surface area contributed by atoms with Crippen LogP contribution in [0.1, 0.15) is 0 Å². The number of nitrogens with zero attached hydrogens (tertiary/aromatic N) is 2. The molecule has 3 heterocycles. The van der Waals surface area contributed by atoms with E-state index in [2.05, 4.69) is 9.97 Å². The third-order valence-corrected chi connectivity index (χ3v) is 3.31. The second-order valence-electron chi connectivity index (χ2n) is 3.52. The van der Waals surface area contributed by atoms with Crippen LogP contribution in [0.3, 0.4) is 0 Å². The molecule has 0 saturated carbocycles. The van der Waals surface area contributed by atoms with Gasteiger partial charge in [0.2, 0.25) is 0 Å². The maximum Gasteiger partial charge on any atom is 0.141 e. The Bertz CT molecular complexity index is 679. The molecule has 5 heteroatoms. The number of rotatable bonds is 1. The second-order valence-corrected chi connectivity index (χ2v) is 4.44. The van der Waals surface area contributed by atoms with Crippen LogP contribution in [-0.2, 0) is 0 Å². The van der Waals surface area contributed by atoms with Crippen LogP contribution in [0.25, 0.3) is 21.6 Å². The fourth-order valence-corrected chi connectivity index (χ4v) is 2.34. The lowest BCUT2D eigenvalue weighted by atomic mass is 10.2. The largest absolute Gasteiger partial charge is 0.506 e. The molecule has 0 atom stereocenters. The van der Waals surface area contributed by atoms with Crippen LogP contribution in [0, 0.1) is 5.82 Å². The van der Waals surface area contributed by atoms with Gasteiger partial charge in [-0.3, -0.25) is 4.98 Å². The molecule has 0 saturated heterocycles. The van der Waals surface area contributed by atoms with Crippen LogP contribution in [-0.4, -0.2) is 15.1 Å². The fourth-order valence-electron chi connectivity index (χ4n) is 1.60. The van der Waals surface area contributed by atoms with Crippen molar-refractivity contribution in [2.24, 2.45) is 0 Å². The quantitative estimate of drug-likeness (QED) is 0.717. The minimum Gasteiger partial charge on any atom is -0.506 e. The third-order valence-electron chi connectivity index (χ3n) is 2.38. The summed E-state index contributed by atoms with van der Waals surface area (Å²) < 4.78 is 13.5. The number of fused-ring (bicyclic) bond motifs is 1. The molecular formula is C12H7FN2OS. The Hall–Kier alpha value is -2.01. The molecule has 3 aromatic rings. The van der Waals surface area contributed by atoms with E-state index in [9.17, 15) is 9.50 Å². The third kappa shape index (κ3) is 1.74. The second kappa shape index (κ2) is 3.78. The molecule has 3 nitrogen and oxygen atoms in total. The van der Waals surface area contributed by atoms with Gasteiger partial charge in [-0.15, -0.1) is 11.3 Å². The van der Waals surface area contributed by atoms with E-state index >= 15 is 0 Å². The summed E-state index contributed by atoms with van der Waals surface area (Å²) in [6.07, 6.45) is 1.13. The van der Waals surface area contributed by atoms with E-state index < -0.39 is 5.82 Å². The smallest absolute Gasteiger partial charge is 0.141 e. The first-order valence-corrected chi connectivity index (χ1v) is 5.81. The van der Waals surface area contributed by atoms with E-state index in [-0.39, 0.29) is 5.75 Å². The highest BCUT2D eigenvalue weighted by atomic mass is 32.1. The lowest BCUT2D eigenvalue weighted by molar-refractivity contribution is 0.482. The van der Waals surface area contributed by atoms with E-state index in [0.29, 0.717) is 11.4 Å². The van der Waals surface area contributed by atoms with E-state index in [4.69, 9.17) is 0 Å². The van der Waals surface area contributed by atoms with Crippen molar-refractivity contribution in [3.8, 4) is 17.1 Å². The highest BCUT2D eigenvalue weighted by molar-refractivity contribution is 7.17. The van der Waals surface area contributed by atoms with Gasteiger partial charge in [0, 0.05) is 6.07 Å². The zero-order valence-corrected chi connectivity index (χ0v) is 9.41. The summed E-state index contributed by atoms with van der Waals surface area (Å²) in [6.45, 7) is 0. The molecule has 0 aromatic carbocycles. The van der Waals surface area contributed by atoms with Crippen molar-refractivity contribution in [2.45, 2.75) is 0 Å². The van der Waals surface area contributed by atoms with Crippen LogP contribution in [0.4, 0.5) is 4.39 Å². The lowest BCUT2D eigenvalue weighted by Crippen LogP contribution is -1.88. The molecule has 0 spiro atoms. The number of hydrogen-bond acceptors (Lipinski definition) is 4. The average molecular weight is 246 g/mol. The molecule has 84 valence electrons. The van der Waals surface area contributed by atoms with E-state index in [1.807, 2.05) is 11.4 Å². The Morgan fingerprint density at radius 2 is 2.06 bits per heavy atom. The normalized spacial score (nSPS) is 10.9. The predicted molar refractivity (Wildman–Crippen MR) is 64.5 cm³/mol. The minimum atomic E-state index is -0.394. The Morgan fingerprint density at radius 3 is 2.82 bits per heavy atom. The average Bonchev–Trinajstić information content (AvgIpc) is 2.78. The molecule has 1 N–H and O–H groups in total. The minimum absolute atomic E-state index is 0.172. The van der Waals surface area contributed by atoms with Crippen molar-refractivity contribution in [1.82, 2.24) is 9.97 Å². The number of hydrogen-bond donors (Lipinski definition) is 1. The van der Waals surface area contributed by atoms with Gasteiger partial charge in [-0.2, -0.15) is 0 Å². The first-order chi connectivity index (χ1) is 8.24. The monoisotopic (exact) mass is 246 g/mol. The maximum absolute atomic E-state index is 12.8. The fraction of sp³-hybridized carbons (Fsp3) is 0. The van der Waals surface area contributed by atoms with Crippen LogP contribution < -0.4 is 0 Å². The Labute approximate surface area is 100 Å². The van der Waals surface area contributed by atoms with Gasteiger partial charge in [-0.1, -0.05) is 0 Å². The number of halogens is 1. The highest BCUT2D eigenvalue weighted by Crippen LogP contribution is 2.31. The zero-order valence-electron chi connectivity index (χ0n) is 8.59. The summed E-state index contributed by atoms with van der Waals surface area (Å²) in [5.74, 6) is -0.222. The topological polar surface area (TPSA) is 46.0 Å². The highest BCUT2D eigenvalue weighted by Gasteiger charge is 2.08. The van der Waals surface area contributed by atoms with Crippen molar-refractivity contribution < 1.29 is 9.50 Å². The Kier molecular flexibility index (Phi) is 2.26. The van der Waals surface area contributed by atoms with Gasteiger partial charge in [0.05, 0.1) is 27.8 Å². The van der Waals surface area contributed by atoms with Gasteiger partial charge >= 0.3 is 0 Å². The molecule has 17 heavy (non-hydrogen) atoms. The van der Waals surface area contributed by atoms with Crippen molar-refractivity contribution in [1.29, 1.82) is 0 Å². The van der Waals surface area contributed by atoms with Crippen LogP contribution in [0.2, 0.25) is 0 Å². The maximum atomic E-state index is 12.8. The van der Waals surface area contributed by atoms with E-state index in [1.165, 1.54) is 23.5 Å². The van der Waals surface area contributed by atoms with Crippen LogP contribution in [0.5, 0.6) is 5.75 Å². The van der Waals surface area contributed by atoms with Crippen LogP contribution in [0.15, 0.2) is 35.8 Å². The number of aromatic nitrogens is 2. The summed E-state index contributed by atoms with van der Waals surface area (Å²) in [7, 11) is 0. The zero-order chi connectivity index (χ0) is 11.8. The molecule has 0 aliphatic rings.